The first-order chi connectivity index (χ1) is 7.25. The smallest absolute Gasteiger partial charge is 0.0441 e. The van der Waals surface area contributed by atoms with Gasteiger partial charge in [-0.25, -0.2) is 0 Å². The van der Waals surface area contributed by atoms with Crippen LogP contribution in [0.4, 0.5) is 0 Å². The van der Waals surface area contributed by atoms with Crippen molar-refractivity contribution in [1.29, 1.82) is 0 Å². The Morgan fingerprint density at radius 1 is 1.13 bits per heavy atom. The van der Waals surface area contributed by atoms with Crippen molar-refractivity contribution in [3.63, 3.8) is 0 Å². The number of rotatable bonds is 2. The third kappa shape index (κ3) is 2.87. The summed E-state index contributed by atoms with van der Waals surface area (Å²) in [5.41, 5.74) is 2.53. The van der Waals surface area contributed by atoms with Gasteiger partial charge < -0.3 is 0 Å². The average molecular weight is 239 g/mol. The van der Waals surface area contributed by atoms with Crippen molar-refractivity contribution in [2.75, 3.05) is 0 Å². The normalized spacial score (nSPS) is 15.9. The summed E-state index contributed by atoms with van der Waals surface area (Å²) in [6.07, 6.45) is 7.13. The zero-order valence-corrected chi connectivity index (χ0v) is 9.85. The largest absolute Gasteiger partial charge is 0.0847 e. The average Bonchev–Trinajstić information content (AvgIpc) is 2.22. The second-order valence-corrected chi connectivity index (χ2v) is 4.54. The Hall–Kier alpha value is -0.720. The Bertz CT molecular complexity index is 416. The maximum absolute atomic E-state index is 6.11. The molecule has 0 saturated carbocycles. The molecule has 0 spiro atoms. The van der Waals surface area contributed by atoms with E-state index in [9.17, 15) is 0 Å². The maximum Gasteiger partial charge on any atom is 0.0441 e. The molecule has 0 saturated heterocycles. The van der Waals surface area contributed by atoms with Crippen molar-refractivity contribution in [1.82, 2.24) is 0 Å². The fourth-order valence-corrected chi connectivity index (χ4v) is 2.21. The third-order valence-corrected chi connectivity index (χ3v) is 3.15. The van der Waals surface area contributed by atoms with Gasteiger partial charge in [-0.2, -0.15) is 0 Å². The van der Waals surface area contributed by atoms with Crippen LogP contribution >= 0.6 is 23.2 Å². The van der Waals surface area contributed by atoms with E-state index >= 15 is 0 Å². The van der Waals surface area contributed by atoms with Gasteiger partial charge >= 0.3 is 0 Å². The highest BCUT2D eigenvalue weighted by Crippen LogP contribution is 2.25. The Kier molecular flexibility index (Phi) is 3.50. The van der Waals surface area contributed by atoms with Crippen LogP contribution in [-0.4, -0.2) is 0 Å². The van der Waals surface area contributed by atoms with Gasteiger partial charge in [0.25, 0.3) is 0 Å². The molecule has 0 aromatic heterocycles. The van der Waals surface area contributed by atoms with Gasteiger partial charge in [-0.3, -0.25) is 0 Å². The molecule has 0 bridgehead atoms. The Balaban J connectivity index is 2.16. The van der Waals surface area contributed by atoms with Crippen molar-refractivity contribution in [3.05, 3.63) is 57.6 Å². The number of benzene rings is 1. The molecule has 78 valence electrons. The van der Waals surface area contributed by atoms with E-state index in [0.29, 0.717) is 0 Å². The summed E-state index contributed by atoms with van der Waals surface area (Å²) >= 11 is 12.1. The summed E-state index contributed by atoms with van der Waals surface area (Å²) in [5.74, 6) is 0. The van der Waals surface area contributed by atoms with Gasteiger partial charge in [-0.05, 0) is 37.0 Å². The predicted molar refractivity (Wildman–Crippen MR) is 66.4 cm³/mol. The summed E-state index contributed by atoms with van der Waals surface area (Å²) in [6.45, 7) is 0. The molecule has 15 heavy (non-hydrogen) atoms. The van der Waals surface area contributed by atoms with E-state index in [2.05, 4.69) is 12.1 Å². The van der Waals surface area contributed by atoms with E-state index in [4.69, 9.17) is 23.2 Å². The first-order valence-electron chi connectivity index (χ1n) is 5.04. The summed E-state index contributed by atoms with van der Waals surface area (Å²) in [6, 6.07) is 7.96. The van der Waals surface area contributed by atoms with Gasteiger partial charge in [-0.15, -0.1) is 0 Å². The molecule has 0 unspecified atom stereocenters. The quantitative estimate of drug-likeness (QED) is 0.700. The zero-order chi connectivity index (χ0) is 10.7. The number of hydrogen-bond donors (Lipinski definition) is 0. The molecule has 1 aromatic carbocycles. The minimum Gasteiger partial charge on any atom is -0.0847 e. The first kappa shape index (κ1) is 10.8. The maximum atomic E-state index is 6.11. The zero-order valence-electron chi connectivity index (χ0n) is 8.34. The van der Waals surface area contributed by atoms with Gasteiger partial charge in [0.05, 0.1) is 0 Å². The molecule has 0 N–H and O–H groups in total. The summed E-state index contributed by atoms with van der Waals surface area (Å²) in [7, 11) is 0. The van der Waals surface area contributed by atoms with Gasteiger partial charge in [-0.1, -0.05) is 53.1 Å². The van der Waals surface area contributed by atoms with Crippen molar-refractivity contribution < 1.29 is 0 Å². The number of hydrogen-bond acceptors (Lipinski definition) is 0. The van der Waals surface area contributed by atoms with Gasteiger partial charge in [0, 0.05) is 10.1 Å². The highest BCUT2D eigenvalue weighted by molar-refractivity contribution is 6.31. The lowest BCUT2D eigenvalue weighted by Crippen LogP contribution is -1.95. The third-order valence-electron chi connectivity index (χ3n) is 2.52. The molecule has 2 heteroatoms. The summed E-state index contributed by atoms with van der Waals surface area (Å²) in [5, 5.41) is 1.69. The molecule has 0 nitrogen and oxygen atoms in total. The fraction of sp³-hybridized carbons (Fsp3) is 0.231. The van der Waals surface area contributed by atoms with E-state index in [0.717, 1.165) is 29.3 Å². The molecule has 0 atom stereocenters. The Morgan fingerprint density at radius 3 is 2.67 bits per heavy atom. The molecular weight excluding hydrogens is 227 g/mol. The fourth-order valence-electron chi connectivity index (χ4n) is 1.75. The van der Waals surface area contributed by atoms with Crippen molar-refractivity contribution in [2.24, 2.45) is 0 Å². The highest BCUT2D eigenvalue weighted by Gasteiger charge is 2.06. The molecule has 2 rings (SSSR count). The minimum absolute atomic E-state index is 0.837. The van der Waals surface area contributed by atoms with Crippen LogP contribution in [0.1, 0.15) is 18.4 Å². The lowest BCUT2D eigenvalue weighted by Gasteiger charge is -2.11. The molecule has 0 aliphatic heterocycles. The SMILES string of the molecule is ClC1=CCCC(Cc2ccccc2Cl)=C1. The van der Waals surface area contributed by atoms with Crippen LogP contribution in [0.3, 0.4) is 0 Å². The van der Waals surface area contributed by atoms with E-state index in [1.807, 2.05) is 24.3 Å². The van der Waals surface area contributed by atoms with Gasteiger partial charge in [0.1, 0.15) is 0 Å². The molecule has 1 aliphatic rings. The summed E-state index contributed by atoms with van der Waals surface area (Å²) in [4.78, 5) is 0. The van der Waals surface area contributed by atoms with Crippen LogP contribution in [0.15, 0.2) is 47.0 Å². The van der Waals surface area contributed by atoms with E-state index < -0.39 is 0 Å². The Morgan fingerprint density at radius 2 is 1.93 bits per heavy atom. The second kappa shape index (κ2) is 4.87. The van der Waals surface area contributed by atoms with Crippen molar-refractivity contribution in [2.45, 2.75) is 19.3 Å². The predicted octanol–water partition coefficient (Wildman–Crippen LogP) is 4.73. The standard InChI is InChI=1S/C13H12Cl2/c14-12-6-3-4-10(9-12)8-11-5-1-2-7-13(11)15/h1-2,5-7,9H,3-4,8H2. The van der Waals surface area contributed by atoms with Crippen LogP contribution < -0.4 is 0 Å². The topological polar surface area (TPSA) is 0 Å². The van der Waals surface area contributed by atoms with Crippen LogP contribution in [0, 0.1) is 0 Å². The molecule has 0 amide bonds. The molecule has 1 aliphatic carbocycles. The second-order valence-electron chi connectivity index (χ2n) is 3.70. The van der Waals surface area contributed by atoms with Gasteiger partial charge in [0.2, 0.25) is 0 Å². The molecule has 0 heterocycles. The highest BCUT2D eigenvalue weighted by atomic mass is 35.5. The van der Waals surface area contributed by atoms with Crippen LogP contribution in [0.2, 0.25) is 5.02 Å². The van der Waals surface area contributed by atoms with Crippen LogP contribution in [0.25, 0.3) is 0 Å². The molecule has 0 fully saturated rings. The first-order valence-corrected chi connectivity index (χ1v) is 5.80. The number of allylic oxidation sites excluding steroid dienone is 4. The van der Waals surface area contributed by atoms with Crippen molar-refractivity contribution in [3.8, 4) is 0 Å². The van der Waals surface area contributed by atoms with E-state index in [-0.39, 0.29) is 0 Å². The Labute approximate surface area is 100 Å². The molecule has 0 radical (unpaired) electrons. The van der Waals surface area contributed by atoms with Crippen LogP contribution in [0.5, 0.6) is 0 Å². The van der Waals surface area contributed by atoms with E-state index in [1.165, 1.54) is 11.1 Å². The lowest BCUT2D eigenvalue weighted by atomic mass is 9.98. The molecular formula is C13H12Cl2. The monoisotopic (exact) mass is 238 g/mol. The summed E-state index contributed by atoms with van der Waals surface area (Å²) < 4.78 is 0. The molecule has 1 aromatic rings. The minimum atomic E-state index is 0.837. The van der Waals surface area contributed by atoms with Crippen LogP contribution in [-0.2, 0) is 6.42 Å². The van der Waals surface area contributed by atoms with Crippen molar-refractivity contribution >= 4 is 23.2 Å². The van der Waals surface area contributed by atoms with Gasteiger partial charge in [0.15, 0.2) is 0 Å². The van der Waals surface area contributed by atoms with E-state index in [1.54, 1.807) is 0 Å². The number of halogens is 2. The lowest BCUT2D eigenvalue weighted by molar-refractivity contribution is 0.908.